The molecule has 2 nitrogen and oxygen atoms in total. The van der Waals surface area contributed by atoms with Gasteiger partial charge in [0, 0.05) is 5.92 Å². The highest BCUT2D eigenvalue weighted by Gasteiger charge is 2.57. The summed E-state index contributed by atoms with van der Waals surface area (Å²) in [6.07, 6.45) is 5.37. The minimum atomic E-state index is -0.183. The molecule has 0 aliphatic heterocycles. The lowest BCUT2D eigenvalue weighted by molar-refractivity contribution is -0.0967. The zero-order valence-corrected chi connectivity index (χ0v) is 13.9. The van der Waals surface area contributed by atoms with Crippen LogP contribution in [0.25, 0.3) is 0 Å². The fourth-order valence-electron chi connectivity index (χ4n) is 5.79. The maximum absolute atomic E-state index is 10.6. The van der Waals surface area contributed by atoms with Crippen LogP contribution in [0.5, 0.6) is 0 Å². The summed E-state index contributed by atoms with van der Waals surface area (Å²) >= 11 is 5.93. The van der Waals surface area contributed by atoms with Crippen molar-refractivity contribution in [1.29, 1.82) is 0 Å². The Morgan fingerprint density at radius 1 is 1.27 bits per heavy atom. The molecule has 0 spiro atoms. The number of ether oxygens (including phenoxy) is 1. The van der Waals surface area contributed by atoms with E-state index in [9.17, 15) is 5.11 Å². The number of benzene rings is 1. The summed E-state index contributed by atoms with van der Waals surface area (Å²) in [4.78, 5) is 0. The van der Waals surface area contributed by atoms with Crippen LogP contribution in [-0.2, 0) is 11.2 Å². The predicted octanol–water partition coefficient (Wildman–Crippen LogP) is 4.10. The number of hydrogen-bond donors (Lipinski definition) is 1. The molecule has 0 heterocycles. The Morgan fingerprint density at radius 2 is 2.09 bits per heavy atom. The van der Waals surface area contributed by atoms with Crippen LogP contribution < -0.4 is 0 Å². The van der Waals surface area contributed by atoms with Crippen molar-refractivity contribution in [2.24, 2.45) is 17.3 Å². The molecule has 3 aliphatic rings. The summed E-state index contributed by atoms with van der Waals surface area (Å²) in [5, 5.41) is 10.6. The molecule has 0 amide bonds. The van der Waals surface area contributed by atoms with Crippen LogP contribution in [0.4, 0.5) is 0 Å². The molecule has 0 saturated heterocycles. The van der Waals surface area contributed by atoms with E-state index < -0.39 is 0 Å². The van der Waals surface area contributed by atoms with Crippen LogP contribution in [-0.4, -0.2) is 23.4 Å². The molecule has 1 N–H and O–H groups in total. The summed E-state index contributed by atoms with van der Waals surface area (Å²) in [7, 11) is 0. The van der Waals surface area contributed by atoms with E-state index in [0.717, 1.165) is 25.7 Å². The third kappa shape index (κ3) is 2.07. The quantitative estimate of drug-likeness (QED) is 0.831. The van der Waals surface area contributed by atoms with E-state index in [1.807, 2.05) is 0 Å². The van der Waals surface area contributed by atoms with E-state index in [-0.39, 0.29) is 23.7 Å². The van der Waals surface area contributed by atoms with E-state index >= 15 is 0 Å². The van der Waals surface area contributed by atoms with Crippen molar-refractivity contribution in [2.45, 2.75) is 57.2 Å². The smallest absolute Gasteiger partial charge is 0.121 e. The van der Waals surface area contributed by atoms with Gasteiger partial charge in [0.05, 0.1) is 12.2 Å². The first-order valence-corrected chi connectivity index (χ1v) is 9.12. The number of alkyl halides is 1. The van der Waals surface area contributed by atoms with Crippen LogP contribution in [0.1, 0.15) is 49.7 Å². The first-order chi connectivity index (χ1) is 10.6. The maximum Gasteiger partial charge on any atom is 0.121 e. The van der Waals surface area contributed by atoms with Crippen LogP contribution in [0.3, 0.4) is 0 Å². The van der Waals surface area contributed by atoms with E-state index in [0.29, 0.717) is 17.8 Å². The van der Waals surface area contributed by atoms with Crippen LogP contribution in [0, 0.1) is 17.3 Å². The van der Waals surface area contributed by atoms with Crippen molar-refractivity contribution in [1.82, 2.24) is 0 Å². The van der Waals surface area contributed by atoms with Crippen molar-refractivity contribution in [3.05, 3.63) is 35.4 Å². The van der Waals surface area contributed by atoms with E-state index in [2.05, 4.69) is 31.2 Å². The van der Waals surface area contributed by atoms with Crippen molar-refractivity contribution < 1.29 is 9.84 Å². The van der Waals surface area contributed by atoms with Crippen molar-refractivity contribution in [3.63, 3.8) is 0 Å². The molecule has 2 saturated carbocycles. The van der Waals surface area contributed by atoms with Crippen molar-refractivity contribution in [2.75, 3.05) is 6.07 Å². The lowest BCUT2D eigenvalue weighted by Gasteiger charge is -2.53. The molecule has 6 atom stereocenters. The molecular weight excluding hydrogens is 296 g/mol. The van der Waals surface area contributed by atoms with Gasteiger partial charge in [-0.05, 0) is 60.5 Å². The molecule has 2 fully saturated rings. The number of rotatable bonds is 2. The van der Waals surface area contributed by atoms with Gasteiger partial charge in [0.2, 0.25) is 0 Å². The second-order valence-corrected chi connectivity index (χ2v) is 7.87. The molecule has 0 unspecified atom stereocenters. The van der Waals surface area contributed by atoms with Crippen molar-refractivity contribution in [3.8, 4) is 0 Å². The largest absolute Gasteiger partial charge is 0.393 e. The molecular formula is C19H25ClO2. The summed E-state index contributed by atoms with van der Waals surface area (Å²) in [6.45, 7) is 2.27. The standard InChI is InChI=1S/C19H25ClO2/c1-19-10-16(22-11-20)18-13-5-3-2-4-12(13)6-7-14(18)15(19)8-9-17(19)21/h2-5,14-18,21H,6-11H2,1H3/t14-,15-,16-,17-,18+,19-/m0/s1. The average molecular weight is 321 g/mol. The van der Waals surface area contributed by atoms with Crippen LogP contribution in [0.15, 0.2) is 24.3 Å². The normalized spacial score (nSPS) is 43.3. The first-order valence-electron chi connectivity index (χ1n) is 8.58. The fourth-order valence-corrected chi connectivity index (χ4v) is 5.95. The third-order valence-electron chi connectivity index (χ3n) is 6.82. The van der Waals surface area contributed by atoms with Gasteiger partial charge in [-0.3, -0.25) is 0 Å². The number of aliphatic hydroxyl groups excluding tert-OH is 1. The number of aryl methyl sites for hydroxylation is 1. The van der Waals surface area contributed by atoms with Gasteiger partial charge in [-0.25, -0.2) is 0 Å². The summed E-state index contributed by atoms with van der Waals surface area (Å²) in [5.74, 6) is 1.70. The van der Waals surface area contributed by atoms with Gasteiger partial charge in [0.15, 0.2) is 0 Å². The van der Waals surface area contributed by atoms with E-state index in [4.69, 9.17) is 16.3 Å². The minimum Gasteiger partial charge on any atom is -0.393 e. The summed E-state index contributed by atoms with van der Waals surface area (Å²) < 4.78 is 5.99. The average Bonchev–Trinajstić information content (AvgIpc) is 2.82. The highest BCUT2D eigenvalue weighted by Crippen LogP contribution is 2.61. The van der Waals surface area contributed by atoms with Gasteiger partial charge in [0.1, 0.15) is 6.07 Å². The molecule has 0 bridgehead atoms. The van der Waals surface area contributed by atoms with Crippen LogP contribution >= 0.6 is 11.6 Å². The second kappa shape index (κ2) is 5.51. The van der Waals surface area contributed by atoms with Gasteiger partial charge in [-0.1, -0.05) is 42.8 Å². The Balaban J connectivity index is 1.77. The summed E-state index contributed by atoms with van der Waals surface area (Å²) in [5.41, 5.74) is 2.95. The Kier molecular flexibility index (Phi) is 3.75. The highest BCUT2D eigenvalue weighted by atomic mass is 35.5. The van der Waals surface area contributed by atoms with Gasteiger partial charge < -0.3 is 9.84 Å². The van der Waals surface area contributed by atoms with Gasteiger partial charge >= 0.3 is 0 Å². The highest BCUT2D eigenvalue weighted by molar-refractivity contribution is 6.17. The molecule has 0 radical (unpaired) electrons. The van der Waals surface area contributed by atoms with E-state index in [1.54, 1.807) is 0 Å². The zero-order chi connectivity index (χ0) is 15.3. The van der Waals surface area contributed by atoms with Gasteiger partial charge in [-0.2, -0.15) is 0 Å². The number of fused-ring (bicyclic) bond motifs is 5. The van der Waals surface area contributed by atoms with Crippen molar-refractivity contribution >= 4 is 11.6 Å². The maximum atomic E-state index is 10.6. The first kappa shape index (κ1) is 15.0. The molecule has 1 aromatic rings. The molecule has 3 aliphatic carbocycles. The molecule has 0 aromatic heterocycles. The number of aliphatic hydroxyl groups is 1. The second-order valence-electron chi connectivity index (χ2n) is 7.65. The Hall–Kier alpha value is -0.570. The zero-order valence-electron chi connectivity index (χ0n) is 13.2. The lowest BCUT2D eigenvalue weighted by atomic mass is 9.54. The molecule has 1 aromatic carbocycles. The fraction of sp³-hybridized carbons (Fsp3) is 0.684. The SMILES string of the molecule is C[C@]12C[C@H](OCCl)[C@@H]3c4ccccc4CC[C@H]3[C@@H]1CC[C@@H]2O. The van der Waals surface area contributed by atoms with Gasteiger partial charge in [-0.15, -0.1) is 0 Å². The lowest BCUT2D eigenvalue weighted by Crippen LogP contribution is -2.50. The van der Waals surface area contributed by atoms with Crippen LogP contribution in [0.2, 0.25) is 0 Å². The minimum absolute atomic E-state index is 0.00414. The molecule has 120 valence electrons. The topological polar surface area (TPSA) is 29.5 Å². The number of halogens is 1. The third-order valence-corrected chi connectivity index (χ3v) is 6.94. The summed E-state index contributed by atoms with van der Waals surface area (Å²) in [6, 6.07) is 9.08. The Morgan fingerprint density at radius 3 is 2.91 bits per heavy atom. The monoisotopic (exact) mass is 320 g/mol. The van der Waals surface area contributed by atoms with E-state index in [1.165, 1.54) is 17.5 Å². The molecule has 4 rings (SSSR count). The molecule has 22 heavy (non-hydrogen) atoms. The van der Waals surface area contributed by atoms with Gasteiger partial charge in [0.25, 0.3) is 0 Å². The molecule has 3 heteroatoms. The predicted molar refractivity (Wildman–Crippen MR) is 88.0 cm³/mol. The Bertz CT molecular complexity index is 560. The number of hydrogen-bond acceptors (Lipinski definition) is 2. The Labute approximate surface area is 137 Å².